The number of carbonyl (C=O) groups is 1. The summed E-state index contributed by atoms with van der Waals surface area (Å²) in [6, 6.07) is 6.65. The maximum atomic E-state index is 10.9. The third-order valence-electron chi connectivity index (χ3n) is 2.24. The molecule has 17 heavy (non-hydrogen) atoms. The minimum Gasteiger partial charge on any atom is -0.494 e. The van der Waals surface area contributed by atoms with Gasteiger partial charge in [0.2, 0.25) is 0 Å². The van der Waals surface area contributed by atoms with Crippen LogP contribution in [0.3, 0.4) is 0 Å². The normalized spacial score (nSPS) is 11.9. The Bertz CT molecular complexity index is 351. The van der Waals surface area contributed by atoms with E-state index in [0.29, 0.717) is 13.2 Å². The third-order valence-corrected chi connectivity index (χ3v) is 2.24. The summed E-state index contributed by atoms with van der Waals surface area (Å²) >= 11 is 0. The van der Waals surface area contributed by atoms with Gasteiger partial charge in [-0.1, -0.05) is 12.1 Å². The average molecular weight is 238 g/mol. The highest BCUT2D eigenvalue weighted by Gasteiger charge is 2.12. The first-order valence-electron chi connectivity index (χ1n) is 5.45. The molecule has 5 heteroatoms. The lowest BCUT2D eigenvalue weighted by Gasteiger charge is -2.17. The van der Waals surface area contributed by atoms with E-state index < -0.39 is 6.03 Å². The molecular weight excluding hydrogens is 220 g/mol. The number of methoxy groups -OCH3 is 1. The van der Waals surface area contributed by atoms with E-state index in [2.05, 4.69) is 5.32 Å². The number of amides is 2. The molecule has 0 heterocycles. The van der Waals surface area contributed by atoms with Crippen molar-refractivity contribution in [2.75, 3.05) is 20.3 Å². The Hall–Kier alpha value is -1.75. The number of urea groups is 1. The summed E-state index contributed by atoms with van der Waals surface area (Å²) in [4.78, 5) is 10.9. The van der Waals surface area contributed by atoms with Crippen molar-refractivity contribution in [3.63, 3.8) is 0 Å². The molecule has 0 aliphatic rings. The lowest BCUT2D eigenvalue weighted by molar-refractivity contribution is 0.167. The molecule has 1 aromatic rings. The van der Waals surface area contributed by atoms with Crippen LogP contribution >= 0.6 is 0 Å². The van der Waals surface area contributed by atoms with Crippen molar-refractivity contribution in [2.45, 2.75) is 13.0 Å². The molecule has 94 valence electrons. The fourth-order valence-corrected chi connectivity index (χ4v) is 1.52. The summed E-state index contributed by atoms with van der Waals surface area (Å²) in [7, 11) is 1.57. The first kappa shape index (κ1) is 13.3. The Labute approximate surface area is 101 Å². The minimum atomic E-state index is -0.569. The molecule has 3 N–H and O–H groups in total. The van der Waals surface area contributed by atoms with Gasteiger partial charge in [-0.3, -0.25) is 0 Å². The van der Waals surface area contributed by atoms with Crippen LogP contribution in [0.15, 0.2) is 24.3 Å². The molecule has 0 saturated carbocycles. The number of carbonyl (C=O) groups excluding carboxylic acids is 1. The van der Waals surface area contributed by atoms with Crippen molar-refractivity contribution in [1.82, 2.24) is 5.32 Å². The van der Waals surface area contributed by atoms with Crippen LogP contribution in [-0.2, 0) is 4.74 Å². The molecule has 0 radical (unpaired) electrons. The largest absolute Gasteiger partial charge is 0.494 e. The molecule has 2 amide bonds. The van der Waals surface area contributed by atoms with E-state index in [1.165, 1.54) is 0 Å². The molecule has 0 aliphatic carbocycles. The van der Waals surface area contributed by atoms with Crippen LogP contribution in [0.2, 0.25) is 0 Å². The molecule has 0 aromatic heterocycles. The summed E-state index contributed by atoms with van der Waals surface area (Å²) in [6.45, 7) is 2.92. The molecule has 1 aromatic carbocycles. The quantitative estimate of drug-likeness (QED) is 0.787. The Balaban J connectivity index is 2.75. The van der Waals surface area contributed by atoms with E-state index in [1.807, 2.05) is 31.2 Å². The molecule has 0 fully saturated rings. The van der Waals surface area contributed by atoms with Crippen molar-refractivity contribution in [1.29, 1.82) is 0 Å². The van der Waals surface area contributed by atoms with E-state index in [9.17, 15) is 4.79 Å². The first-order chi connectivity index (χ1) is 8.17. The molecule has 1 rings (SSSR count). The molecule has 5 nitrogen and oxygen atoms in total. The van der Waals surface area contributed by atoms with Crippen LogP contribution in [0.4, 0.5) is 4.79 Å². The van der Waals surface area contributed by atoms with Gasteiger partial charge in [0.1, 0.15) is 5.75 Å². The molecule has 0 bridgehead atoms. The van der Waals surface area contributed by atoms with Gasteiger partial charge in [0.05, 0.1) is 19.3 Å². The Kier molecular flexibility index (Phi) is 5.29. The number of hydrogen-bond acceptors (Lipinski definition) is 3. The van der Waals surface area contributed by atoms with Crippen molar-refractivity contribution >= 4 is 6.03 Å². The summed E-state index contributed by atoms with van der Waals surface area (Å²) < 4.78 is 10.4. The van der Waals surface area contributed by atoms with Gasteiger partial charge in [-0.15, -0.1) is 0 Å². The van der Waals surface area contributed by atoms with Gasteiger partial charge in [-0.25, -0.2) is 4.79 Å². The molecule has 0 saturated heterocycles. The molecule has 0 spiro atoms. The maximum absolute atomic E-state index is 10.9. The zero-order valence-electron chi connectivity index (χ0n) is 10.1. The zero-order valence-corrected chi connectivity index (χ0v) is 10.1. The highest BCUT2D eigenvalue weighted by atomic mass is 16.5. The Morgan fingerprint density at radius 3 is 2.53 bits per heavy atom. The van der Waals surface area contributed by atoms with E-state index in [1.54, 1.807) is 7.11 Å². The second kappa shape index (κ2) is 6.75. The van der Waals surface area contributed by atoms with E-state index in [4.69, 9.17) is 15.2 Å². The minimum absolute atomic E-state index is 0.242. The maximum Gasteiger partial charge on any atom is 0.312 e. The number of primary amides is 1. The van der Waals surface area contributed by atoms with Gasteiger partial charge in [0.15, 0.2) is 0 Å². The second-order valence-corrected chi connectivity index (χ2v) is 3.52. The summed E-state index contributed by atoms with van der Waals surface area (Å²) in [5.74, 6) is 0.798. The molecule has 0 aliphatic heterocycles. The Morgan fingerprint density at radius 1 is 1.41 bits per heavy atom. The van der Waals surface area contributed by atoms with Gasteiger partial charge in [-0.05, 0) is 24.6 Å². The fourth-order valence-electron chi connectivity index (χ4n) is 1.52. The van der Waals surface area contributed by atoms with Crippen LogP contribution in [0.1, 0.15) is 18.5 Å². The number of nitrogens with one attached hydrogen (secondary N) is 1. The smallest absolute Gasteiger partial charge is 0.312 e. The lowest BCUT2D eigenvalue weighted by Crippen LogP contribution is -2.35. The van der Waals surface area contributed by atoms with Crippen molar-refractivity contribution < 1.29 is 14.3 Å². The topological polar surface area (TPSA) is 73.6 Å². The predicted molar refractivity (Wildman–Crippen MR) is 64.9 cm³/mol. The highest BCUT2D eigenvalue weighted by molar-refractivity contribution is 5.72. The first-order valence-corrected chi connectivity index (χ1v) is 5.45. The summed E-state index contributed by atoms with van der Waals surface area (Å²) in [6.07, 6.45) is 0. The number of rotatable bonds is 6. The predicted octanol–water partition coefficient (Wildman–Crippen LogP) is 1.44. The fraction of sp³-hybridized carbons (Fsp3) is 0.417. The monoisotopic (exact) mass is 238 g/mol. The van der Waals surface area contributed by atoms with Gasteiger partial charge >= 0.3 is 6.03 Å². The van der Waals surface area contributed by atoms with Crippen LogP contribution in [0.5, 0.6) is 5.75 Å². The van der Waals surface area contributed by atoms with E-state index >= 15 is 0 Å². The zero-order chi connectivity index (χ0) is 12.7. The number of hydrogen-bond donors (Lipinski definition) is 2. The van der Waals surface area contributed by atoms with Crippen LogP contribution in [-0.4, -0.2) is 26.4 Å². The van der Waals surface area contributed by atoms with Gasteiger partial charge < -0.3 is 20.5 Å². The molecule has 1 unspecified atom stereocenters. The van der Waals surface area contributed by atoms with E-state index in [0.717, 1.165) is 11.3 Å². The third kappa shape index (κ3) is 4.32. The molecular formula is C12H18N2O3. The van der Waals surface area contributed by atoms with Crippen molar-refractivity contribution in [3.05, 3.63) is 29.8 Å². The van der Waals surface area contributed by atoms with Gasteiger partial charge in [-0.2, -0.15) is 0 Å². The Morgan fingerprint density at radius 2 is 2.06 bits per heavy atom. The molecule has 1 atom stereocenters. The van der Waals surface area contributed by atoms with Crippen LogP contribution in [0, 0.1) is 0 Å². The number of nitrogens with two attached hydrogens (primary N) is 1. The lowest BCUT2D eigenvalue weighted by atomic mass is 10.1. The number of benzene rings is 1. The van der Waals surface area contributed by atoms with Crippen LogP contribution < -0.4 is 15.8 Å². The van der Waals surface area contributed by atoms with Crippen molar-refractivity contribution in [2.24, 2.45) is 5.73 Å². The average Bonchev–Trinajstić information content (AvgIpc) is 2.29. The van der Waals surface area contributed by atoms with Gasteiger partial charge in [0, 0.05) is 7.11 Å². The second-order valence-electron chi connectivity index (χ2n) is 3.52. The van der Waals surface area contributed by atoms with E-state index in [-0.39, 0.29) is 6.04 Å². The highest BCUT2D eigenvalue weighted by Crippen LogP contribution is 2.18. The van der Waals surface area contributed by atoms with Crippen molar-refractivity contribution in [3.8, 4) is 5.75 Å². The SMILES string of the molecule is CCOc1ccc(C(COC)NC(N)=O)cc1. The standard InChI is InChI=1S/C12H18N2O3/c1-3-17-10-6-4-9(5-7-10)11(8-16-2)14-12(13)15/h4-7,11H,3,8H2,1-2H3,(H3,13,14,15). The summed E-state index contributed by atoms with van der Waals surface area (Å²) in [5, 5.41) is 2.62. The number of ether oxygens (including phenoxy) is 2. The van der Waals surface area contributed by atoms with Crippen LogP contribution in [0.25, 0.3) is 0 Å². The van der Waals surface area contributed by atoms with Gasteiger partial charge in [0.25, 0.3) is 0 Å². The summed E-state index contributed by atoms with van der Waals surface area (Å²) in [5.41, 5.74) is 6.03.